The molecule has 0 unspecified atom stereocenters. The molecule has 0 fully saturated rings. The van der Waals surface area contributed by atoms with Crippen molar-refractivity contribution in [1.82, 2.24) is 9.88 Å². The van der Waals surface area contributed by atoms with Crippen molar-refractivity contribution in [2.24, 2.45) is 0 Å². The van der Waals surface area contributed by atoms with Gasteiger partial charge in [0.25, 0.3) is 0 Å². The number of thiazole rings is 1. The van der Waals surface area contributed by atoms with E-state index in [1.807, 2.05) is 11.7 Å². The Bertz CT molecular complexity index is 236. The third-order valence-electron chi connectivity index (χ3n) is 2.15. The van der Waals surface area contributed by atoms with Crippen LogP contribution in [0.4, 0.5) is 0 Å². The van der Waals surface area contributed by atoms with E-state index in [-0.39, 0.29) is 0 Å². The normalized spacial score (nSPS) is 11.5. The highest BCUT2D eigenvalue weighted by molar-refractivity contribution is 7.09. The van der Waals surface area contributed by atoms with Gasteiger partial charge in [-0.15, -0.1) is 22.9 Å². The minimum atomic E-state index is 0.570. The summed E-state index contributed by atoms with van der Waals surface area (Å²) in [5, 5.41) is 0. The van der Waals surface area contributed by atoms with Crippen LogP contribution in [0.1, 0.15) is 25.1 Å². The summed E-state index contributed by atoms with van der Waals surface area (Å²) >= 11 is 7.41. The molecule has 0 bridgehead atoms. The molecule has 0 atom stereocenters. The Morgan fingerprint density at radius 2 is 2.36 bits per heavy atom. The van der Waals surface area contributed by atoms with Crippen LogP contribution >= 0.6 is 22.9 Å². The molecule has 0 saturated heterocycles. The second-order valence-electron chi connectivity index (χ2n) is 3.57. The maximum atomic E-state index is 5.70. The molecule has 0 N–H and O–H groups in total. The van der Waals surface area contributed by atoms with Crippen LogP contribution in [0.5, 0.6) is 0 Å². The lowest BCUT2D eigenvalue weighted by Crippen LogP contribution is -2.31. The first-order chi connectivity index (χ1) is 6.74. The molecule has 0 aliphatic heterocycles. The number of alkyl halides is 1. The molecule has 2 nitrogen and oxygen atoms in total. The van der Waals surface area contributed by atoms with E-state index in [2.05, 4.69) is 23.7 Å². The maximum absolute atomic E-state index is 5.70. The topological polar surface area (TPSA) is 16.1 Å². The van der Waals surface area contributed by atoms with Gasteiger partial charge in [0.15, 0.2) is 0 Å². The Kier molecular flexibility index (Phi) is 5.45. The second kappa shape index (κ2) is 6.38. The number of halogens is 1. The highest BCUT2D eigenvalue weighted by atomic mass is 35.5. The van der Waals surface area contributed by atoms with Gasteiger partial charge in [-0.1, -0.05) is 0 Å². The Labute approximate surface area is 94.9 Å². The van der Waals surface area contributed by atoms with Gasteiger partial charge in [-0.2, -0.15) is 0 Å². The van der Waals surface area contributed by atoms with Crippen LogP contribution in [-0.2, 0) is 6.54 Å². The molecule has 1 aromatic heterocycles. The van der Waals surface area contributed by atoms with Crippen molar-refractivity contribution >= 4 is 22.9 Å². The summed E-state index contributed by atoms with van der Waals surface area (Å²) in [5.74, 6) is 0.742. The molecule has 0 saturated carbocycles. The van der Waals surface area contributed by atoms with Crippen LogP contribution in [0.3, 0.4) is 0 Å². The van der Waals surface area contributed by atoms with Crippen LogP contribution in [-0.4, -0.2) is 28.4 Å². The van der Waals surface area contributed by atoms with Gasteiger partial charge in [0.2, 0.25) is 0 Å². The van der Waals surface area contributed by atoms with Crippen molar-refractivity contribution in [3.63, 3.8) is 0 Å². The molecule has 1 heterocycles. The Morgan fingerprint density at radius 1 is 1.57 bits per heavy atom. The van der Waals surface area contributed by atoms with E-state index >= 15 is 0 Å². The van der Waals surface area contributed by atoms with E-state index in [0.717, 1.165) is 25.4 Å². The lowest BCUT2D eigenvalue weighted by Gasteiger charge is -2.25. The molecular weight excluding hydrogens is 216 g/mol. The highest BCUT2D eigenvalue weighted by Gasteiger charge is 2.09. The lowest BCUT2D eigenvalue weighted by atomic mass is 10.3. The lowest BCUT2D eigenvalue weighted by molar-refractivity contribution is 0.215. The van der Waals surface area contributed by atoms with Crippen LogP contribution in [0.15, 0.2) is 11.7 Å². The predicted octanol–water partition coefficient (Wildman–Crippen LogP) is 2.98. The van der Waals surface area contributed by atoms with Gasteiger partial charge in [0.05, 0.1) is 5.51 Å². The molecule has 0 aliphatic rings. The number of aromatic nitrogens is 1. The summed E-state index contributed by atoms with van der Waals surface area (Å²) in [5.41, 5.74) is 1.88. The summed E-state index contributed by atoms with van der Waals surface area (Å²) < 4.78 is 0. The summed E-state index contributed by atoms with van der Waals surface area (Å²) in [6.07, 6.45) is 3.00. The first-order valence-electron chi connectivity index (χ1n) is 4.91. The molecule has 0 aromatic carbocycles. The van der Waals surface area contributed by atoms with Crippen molar-refractivity contribution in [2.45, 2.75) is 32.9 Å². The minimum absolute atomic E-state index is 0.570. The third-order valence-corrected chi connectivity index (χ3v) is 3.18. The van der Waals surface area contributed by atoms with E-state index in [9.17, 15) is 0 Å². The zero-order chi connectivity index (χ0) is 10.4. The molecule has 0 radical (unpaired) electrons. The van der Waals surface area contributed by atoms with Gasteiger partial charge in [-0.05, 0) is 26.8 Å². The highest BCUT2D eigenvalue weighted by Crippen LogP contribution is 2.12. The maximum Gasteiger partial charge on any atom is 0.0794 e. The van der Waals surface area contributed by atoms with Gasteiger partial charge < -0.3 is 0 Å². The summed E-state index contributed by atoms with van der Waals surface area (Å²) in [4.78, 5) is 7.83. The molecule has 0 aliphatic carbocycles. The average molecular weight is 233 g/mol. The van der Waals surface area contributed by atoms with Gasteiger partial charge in [-0.3, -0.25) is 9.88 Å². The fraction of sp³-hybridized carbons (Fsp3) is 0.700. The first-order valence-corrected chi connectivity index (χ1v) is 6.33. The molecule has 80 valence electrons. The van der Waals surface area contributed by atoms with Crippen molar-refractivity contribution < 1.29 is 0 Å². The monoisotopic (exact) mass is 232 g/mol. The molecule has 0 amide bonds. The molecule has 0 spiro atoms. The molecule has 1 aromatic rings. The fourth-order valence-corrected chi connectivity index (χ4v) is 2.04. The molecule has 4 heteroatoms. The van der Waals surface area contributed by atoms with Crippen molar-refractivity contribution in [2.75, 3.05) is 12.4 Å². The number of rotatable bonds is 6. The van der Waals surface area contributed by atoms with Crippen molar-refractivity contribution in [3.8, 4) is 0 Å². The van der Waals surface area contributed by atoms with E-state index < -0.39 is 0 Å². The zero-order valence-corrected chi connectivity index (χ0v) is 10.3. The predicted molar refractivity (Wildman–Crippen MR) is 63.0 cm³/mol. The Morgan fingerprint density at radius 3 is 2.86 bits per heavy atom. The van der Waals surface area contributed by atoms with E-state index in [4.69, 9.17) is 11.6 Å². The van der Waals surface area contributed by atoms with Crippen LogP contribution in [0.2, 0.25) is 0 Å². The van der Waals surface area contributed by atoms with Gasteiger partial charge >= 0.3 is 0 Å². The van der Waals surface area contributed by atoms with Crippen molar-refractivity contribution in [1.29, 1.82) is 0 Å². The standard InChI is InChI=1S/C10H17ClN2S/c1-9(2)13(5-3-4-11)7-10-6-12-8-14-10/h6,8-9H,3-5,7H2,1-2H3. The Hall–Kier alpha value is -0.120. The summed E-state index contributed by atoms with van der Waals surface area (Å²) in [6, 6.07) is 0.570. The van der Waals surface area contributed by atoms with Crippen LogP contribution < -0.4 is 0 Å². The Balaban J connectivity index is 2.43. The average Bonchev–Trinajstić information content (AvgIpc) is 2.64. The zero-order valence-electron chi connectivity index (χ0n) is 8.74. The molecule has 1 rings (SSSR count). The second-order valence-corrected chi connectivity index (χ2v) is 4.92. The number of nitrogens with zero attached hydrogens (tertiary/aromatic N) is 2. The molecular formula is C10H17ClN2S. The van der Waals surface area contributed by atoms with E-state index in [1.54, 1.807) is 11.3 Å². The SMILES string of the molecule is CC(C)N(CCCCl)Cc1cncs1. The van der Waals surface area contributed by atoms with Gasteiger partial charge in [0.1, 0.15) is 0 Å². The van der Waals surface area contributed by atoms with Gasteiger partial charge in [0, 0.05) is 29.5 Å². The molecule has 14 heavy (non-hydrogen) atoms. The minimum Gasteiger partial charge on any atom is -0.296 e. The van der Waals surface area contributed by atoms with E-state index in [1.165, 1.54) is 4.88 Å². The number of hydrogen-bond donors (Lipinski definition) is 0. The quantitative estimate of drug-likeness (QED) is 0.701. The van der Waals surface area contributed by atoms with Gasteiger partial charge in [-0.25, -0.2) is 0 Å². The van der Waals surface area contributed by atoms with Crippen LogP contribution in [0, 0.1) is 0 Å². The van der Waals surface area contributed by atoms with Crippen LogP contribution in [0.25, 0.3) is 0 Å². The first kappa shape index (κ1) is 12.0. The van der Waals surface area contributed by atoms with E-state index in [0.29, 0.717) is 6.04 Å². The van der Waals surface area contributed by atoms with Crippen molar-refractivity contribution in [3.05, 3.63) is 16.6 Å². The smallest absolute Gasteiger partial charge is 0.0794 e. The third kappa shape index (κ3) is 3.95. The number of hydrogen-bond acceptors (Lipinski definition) is 3. The largest absolute Gasteiger partial charge is 0.296 e. The summed E-state index contributed by atoms with van der Waals surface area (Å²) in [6.45, 7) is 6.50. The fourth-order valence-electron chi connectivity index (χ4n) is 1.30. The summed E-state index contributed by atoms with van der Waals surface area (Å²) in [7, 11) is 0.